The van der Waals surface area contributed by atoms with E-state index in [0.717, 1.165) is 50.7 Å². The summed E-state index contributed by atoms with van der Waals surface area (Å²) in [5.41, 5.74) is -0.348. The normalized spacial score (nSPS) is 47.8. The number of rotatable bonds is 1. The van der Waals surface area contributed by atoms with Gasteiger partial charge in [0, 0.05) is 17.0 Å². The van der Waals surface area contributed by atoms with Crippen molar-refractivity contribution in [1.29, 1.82) is 10.7 Å². The number of esters is 1. The van der Waals surface area contributed by atoms with Gasteiger partial charge in [0.15, 0.2) is 5.78 Å². The predicted molar refractivity (Wildman–Crippen MR) is 144 cm³/mol. The fourth-order valence-electron chi connectivity index (χ4n) is 10.9. The van der Waals surface area contributed by atoms with Gasteiger partial charge in [0.25, 0.3) is 0 Å². The molecule has 5 aliphatic carbocycles. The Morgan fingerprint density at radius 3 is 2.27 bits per heavy atom. The first kappa shape index (κ1) is 26.6. The van der Waals surface area contributed by atoms with Gasteiger partial charge in [-0.25, -0.2) is 0 Å². The second-order valence-electron chi connectivity index (χ2n) is 15.4. The molecule has 5 aliphatic rings. The van der Waals surface area contributed by atoms with Gasteiger partial charge in [0.1, 0.15) is 6.07 Å². The van der Waals surface area contributed by atoms with Gasteiger partial charge < -0.3 is 10.1 Å². The maximum atomic E-state index is 13.4. The first-order chi connectivity index (χ1) is 17.0. The van der Waals surface area contributed by atoms with Crippen LogP contribution in [-0.4, -0.2) is 24.6 Å². The van der Waals surface area contributed by atoms with Crippen molar-refractivity contribution in [3.63, 3.8) is 0 Å². The Kier molecular flexibility index (Phi) is 5.61. The molecule has 5 heteroatoms. The molecule has 0 aromatic carbocycles. The number of methoxy groups -OCH3 is 1. The summed E-state index contributed by atoms with van der Waals surface area (Å²) < 4.78 is 5.46. The van der Waals surface area contributed by atoms with Crippen molar-refractivity contribution in [1.82, 2.24) is 0 Å². The zero-order valence-corrected chi connectivity index (χ0v) is 24.2. The van der Waals surface area contributed by atoms with E-state index in [1.807, 2.05) is 19.9 Å². The van der Waals surface area contributed by atoms with E-state index in [2.05, 4.69) is 40.7 Å². The van der Waals surface area contributed by atoms with Gasteiger partial charge >= 0.3 is 5.97 Å². The highest BCUT2D eigenvalue weighted by Gasteiger charge is 2.72. The number of ketones is 1. The summed E-state index contributed by atoms with van der Waals surface area (Å²) in [7, 11) is 1.53. The smallest absolute Gasteiger partial charge is 0.312 e. The van der Waals surface area contributed by atoms with Gasteiger partial charge in [-0.2, -0.15) is 5.26 Å². The summed E-state index contributed by atoms with van der Waals surface area (Å²) in [5.74, 6) is 0.417. The third-order valence-corrected chi connectivity index (χ3v) is 13.1. The Balaban J connectivity index is 1.65. The number of fused-ring (bicyclic) bond motifs is 7. The SMILES string of the molecule is COC(=O)[C@]12CCC(C)(C)CC1C1C(=N)CC3[C@@]4(C)C=C(C#N)C(=O)C(C)(C)C4CC[C@@]3(C)[C@]1(C)CC2. The molecule has 0 saturated heterocycles. The molecule has 0 radical (unpaired) electrons. The molecule has 202 valence electrons. The Hall–Kier alpha value is -1.96. The van der Waals surface area contributed by atoms with Crippen molar-refractivity contribution in [2.24, 2.45) is 56.2 Å². The summed E-state index contributed by atoms with van der Waals surface area (Å²) in [4.78, 5) is 26.7. The van der Waals surface area contributed by atoms with Gasteiger partial charge in [-0.3, -0.25) is 9.59 Å². The lowest BCUT2D eigenvalue weighted by Crippen LogP contribution is -2.69. The van der Waals surface area contributed by atoms with E-state index in [9.17, 15) is 20.3 Å². The molecular formula is C32H46N2O3. The third-order valence-electron chi connectivity index (χ3n) is 13.1. The Labute approximate surface area is 223 Å². The minimum absolute atomic E-state index is 0.0268. The second-order valence-corrected chi connectivity index (χ2v) is 15.4. The summed E-state index contributed by atoms with van der Waals surface area (Å²) in [6, 6.07) is 2.23. The number of allylic oxidation sites excluding steroid dienone is 2. The first-order valence-corrected chi connectivity index (χ1v) is 14.4. The fourth-order valence-corrected chi connectivity index (χ4v) is 10.9. The van der Waals surface area contributed by atoms with Gasteiger partial charge in [-0.1, -0.05) is 54.5 Å². The highest BCUT2D eigenvalue weighted by molar-refractivity contribution is 6.04. The molecule has 0 aliphatic heterocycles. The number of hydrogen-bond donors (Lipinski definition) is 1. The first-order valence-electron chi connectivity index (χ1n) is 14.4. The van der Waals surface area contributed by atoms with Crippen LogP contribution < -0.4 is 0 Å². The topological polar surface area (TPSA) is 91.0 Å². The van der Waals surface area contributed by atoms with E-state index in [4.69, 9.17) is 4.74 Å². The maximum Gasteiger partial charge on any atom is 0.312 e. The summed E-state index contributed by atoms with van der Waals surface area (Å²) in [5, 5.41) is 19.5. The Morgan fingerprint density at radius 2 is 1.65 bits per heavy atom. The Bertz CT molecular complexity index is 1140. The molecule has 5 rings (SSSR count). The molecule has 0 spiro atoms. The fraction of sp³-hybridized carbons (Fsp3) is 0.812. The number of nitrogens with zero attached hydrogens (tertiary/aromatic N) is 1. The average molecular weight is 507 g/mol. The zero-order chi connectivity index (χ0) is 27.4. The van der Waals surface area contributed by atoms with Crippen LogP contribution in [0, 0.1) is 72.9 Å². The van der Waals surface area contributed by atoms with Gasteiger partial charge in [-0.05, 0) is 90.8 Å². The minimum Gasteiger partial charge on any atom is -0.469 e. The van der Waals surface area contributed by atoms with E-state index >= 15 is 0 Å². The van der Waals surface area contributed by atoms with Crippen LogP contribution in [0.5, 0.6) is 0 Å². The molecule has 5 nitrogen and oxygen atoms in total. The van der Waals surface area contributed by atoms with Crippen LogP contribution in [0.2, 0.25) is 0 Å². The average Bonchev–Trinajstić information content (AvgIpc) is 2.82. The maximum absolute atomic E-state index is 13.4. The van der Waals surface area contributed by atoms with E-state index in [1.54, 1.807) is 0 Å². The second kappa shape index (κ2) is 7.80. The van der Waals surface area contributed by atoms with Crippen LogP contribution >= 0.6 is 0 Å². The molecule has 4 saturated carbocycles. The predicted octanol–water partition coefficient (Wildman–Crippen LogP) is 6.91. The number of carbonyl (C=O) groups excluding carboxylic acids is 2. The van der Waals surface area contributed by atoms with Gasteiger partial charge in [0.05, 0.1) is 18.1 Å². The largest absolute Gasteiger partial charge is 0.469 e. The molecule has 0 aromatic rings. The number of hydrogen-bond acceptors (Lipinski definition) is 5. The lowest BCUT2D eigenvalue weighted by Gasteiger charge is -2.72. The molecule has 1 N–H and O–H groups in total. The van der Waals surface area contributed by atoms with Crippen LogP contribution in [-0.2, 0) is 14.3 Å². The molecule has 0 heterocycles. The van der Waals surface area contributed by atoms with E-state index in [0.29, 0.717) is 12.0 Å². The quantitative estimate of drug-likeness (QED) is 0.391. The summed E-state index contributed by atoms with van der Waals surface area (Å²) >= 11 is 0. The van der Waals surface area contributed by atoms with Crippen LogP contribution in [0.15, 0.2) is 11.6 Å². The van der Waals surface area contributed by atoms with Crippen LogP contribution in [0.25, 0.3) is 0 Å². The zero-order valence-electron chi connectivity index (χ0n) is 24.2. The minimum atomic E-state index is -0.587. The molecule has 4 unspecified atom stereocenters. The van der Waals surface area contributed by atoms with Crippen LogP contribution in [0.4, 0.5) is 0 Å². The molecule has 0 bridgehead atoms. The van der Waals surface area contributed by atoms with Gasteiger partial charge in [0.2, 0.25) is 0 Å². The Morgan fingerprint density at radius 1 is 1.00 bits per heavy atom. The number of Topliss-reactive ketones (excluding diaryl/α,β-unsaturated/α-hetero) is 1. The van der Waals surface area contributed by atoms with Crippen molar-refractivity contribution in [3.05, 3.63) is 11.6 Å². The summed E-state index contributed by atoms with van der Waals surface area (Å²) in [6.07, 6.45) is 9.21. The molecule has 4 fully saturated rings. The van der Waals surface area contributed by atoms with Crippen molar-refractivity contribution < 1.29 is 14.3 Å². The van der Waals surface area contributed by atoms with E-state index in [1.165, 1.54) is 7.11 Å². The number of nitrogens with one attached hydrogen (secondary N) is 1. The molecular weight excluding hydrogens is 460 g/mol. The van der Waals surface area contributed by atoms with Crippen molar-refractivity contribution in [3.8, 4) is 6.07 Å². The monoisotopic (exact) mass is 506 g/mol. The number of nitriles is 1. The molecule has 37 heavy (non-hydrogen) atoms. The number of carbonyl (C=O) groups is 2. The van der Waals surface area contributed by atoms with E-state index in [-0.39, 0.29) is 57.1 Å². The molecule has 0 amide bonds. The lowest BCUT2D eigenvalue weighted by molar-refractivity contribution is -0.207. The summed E-state index contributed by atoms with van der Waals surface area (Å²) in [6.45, 7) is 15.8. The van der Waals surface area contributed by atoms with Crippen LogP contribution in [0.1, 0.15) is 99.8 Å². The standard InChI is InChI=1S/C32H46N2O3/c1-27(2)11-13-32(26(36)37-8)14-12-31(7)24(20(32)17-27)21(34)15-23-29(5)16-19(18-33)25(35)28(3,4)22(29)9-10-30(23,31)6/h16,20,22-24,34H,9-15,17H2,1-8H3/t20?,22?,23?,24?,29-,30+,31+,32-/m0/s1. The van der Waals surface area contributed by atoms with Crippen molar-refractivity contribution in [2.45, 2.75) is 99.8 Å². The van der Waals surface area contributed by atoms with E-state index < -0.39 is 10.8 Å². The van der Waals surface area contributed by atoms with Crippen molar-refractivity contribution >= 4 is 17.5 Å². The highest BCUT2D eigenvalue weighted by atomic mass is 16.5. The van der Waals surface area contributed by atoms with Crippen molar-refractivity contribution in [2.75, 3.05) is 7.11 Å². The lowest BCUT2D eigenvalue weighted by atomic mass is 9.31. The molecule has 0 aromatic heterocycles. The van der Waals surface area contributed by atoms with Gasteiger partial charge in [-0.15, -0.1) is 0 Å². The third kappa shape index (κ3) is 3.17. The van der Waals surface area contributed by atoms with Crippen LogP contribution in [0.3, 0.4) is 0 Å². The molecule has 8 atom stereocenters. The number of ether oxygens (including phenoxy) is 1. The highest BCUT2D eigenvalue weighted by Crippen LogP contribution is 2.75.